The maximum absolute atomic E-state index is 14.2. The molecule has 3 aromatic carbocycles. The topological polar surface area (TPSA) is 94.7 Å². The predicted molar refractivity (Wildman–Crippen MR) is 138 cm³/mol. The number of fused-ring (bicyclic) bond motifs is 2. The van der Waals surface area contributed by atoms with Crippen LogP contribution >= 0.6 is 0 Å². The van der Waals surface area contributed by atoms with Gasteiger partial charge in [-0.15, -0.1) is 0 Å². The SMILES string of the molecule is CCc1nc(-c2ccc(-c3c(C(F)(F)F)ccc4c3CC[C@H]4Oc3ccc4c(c3)OC[C@H]4CC(=O)O)cc2)no1. The first-order valence-corrected chi connectivity index (χ1v) is 13.0. The second kappa shape index (κ2) is 10.0. The highest BCUT2D eigenvalue weighted by Gasteiger charge is 2.38. The second-order valence-electron chi connectivity index (χ2n) is 9.95. The molecule has 206 valence electrons. The third-order valence-electron chi connectivity index (χ3n) is 7.42. The Kier molecular flexibility index (Phi) is 6.48. The maximum atomic E-state index is 14.2. The van der Waals surface area contributed by atoms with Crippen molar-refractivity contribution in [2.24, 2.45) is 0 Å². The molecule has 1 N–H and O–H groups in total. The van der Waals surface area contributed by atoms with E-state index in [-0.39, 0.29) is 24.5 Å². The zero-order valence-corrected chi connectivity index (χ0v) is 21.5. The predicted octanol–water partition coefficient (Wildman–Crippen LogP) is 7.00. The second-order valence-corrected chi connectivity index (χ2v) is 9.95. The van der Waals surface area contributed by atoms with Crippen molar-refractivity contribution < 1.29 is 37.1 Å². The van der Waals surface area contributed by atoms with E-state index in [4.69, 9.17) is 19.1 Å². The summed E-state index contributed by atoms with van der Waals surface area (Å²) in [5.74, 6) is 0.845. The van der Waals surface area contributed by atoms with E-state index in [0.717, 1.165) is 11.6 Å². The molecule has 10 heteroatoms. The average molecular weight is 551 g/mol. The lowest BCUT2D eigenvalue weighted by molar-refractivity contribution is -0.138. The highest BCUT2D eigenvalue weighted by molar-refractivity contribution is 5.76. The van der Waals surface area contributed by atoms with Crippen molar-refractivity contribution in [3.63, 3.8) is 0 Å². The van der Waals surface area contributed by atoms with E-state index in [0.29, 0.717) is 64.7 Å². The summed E-state index contributed by atoms with van der Waals surface area (Å²) in [5.41, 5.74) is 2.69. The first-order valence-electron chi connectivity index (χ1n) is 13.0. The summed E-state index contributed by atoms with van der Waals surface area (Å²) >= 11 is 0. The molecular formula is C30H25F3N2O5. The Morgan fingerprint density at radius 2 is 1.82 bits per heavy atom. The van der Waals surface area contributed by atoms with Gasteiger partial charge in [-0.25, -0.2) is 0 Å². The number of halogens is 3. The van der Waals surface area contributed by atoms with E-state index in [1.807, 2.05) is 6.92 Å². The van der Waals surface area contributed by atoms with Gasteiger partial charge < -0.3 is 19.1 Å². The van der Waals surface area contributed by atoms with E-state index in [1.54, 1.807) is 42.5 Å². The van der Waals surface area contributed by atoms with Gasteiger partial charge >= 0.3 is 12.1 Å². The van der Waals surface area contributed by atoms with Crippen LogP contribution < -0.4 is 9.47 Å². The molecule has 2 heterocycles. The monoisotopic (exact) mass is 550 g/mol. The van der Waals surface area contributed by atoms with Gasteiger partial charge in [0.25, 0.3) is 0 Å². The normalized spacial score (nSPS) is 17.8. The summed E-state index contributed by atoms with van der Waals surface area (Å²) in [6.07, 6.45) is -3.46. The van der Waals surface area contributed by atoms with Gasteiger partial charge in [-0.05, 0) is 47.2 Å². The summed E-state index contributed by atoms with van der Waals surface area (Å²) in [7, 11) is 0. The van der Waals surface area contributed by atoms with Gasteiger partial charge in [0.15, 0.2) is 0 Å². The molecule has 0 amide bonds. The first-order chi connectivity index (χ1) is 19.2. The number of carboxylic acids is 1. The number of hydrogen-bond donors (Lipinski definition) is 1. The molecular weight excluding hydrogens is 525 g/mol. The molecule has 0 fully saturated rings. The van der Waals surface area contributed by atoms with Gasteiger partial charge in [-0.2, -0.15) is 18.2 Å². The smallest absolute Gasteiger partial charge is 0.417 e. The number of hydrogen-bond acceptors (Lipinski definition) is 6. The molecule has 4 aromatic rings. The van der Waals surface area contributed by atoms with E-state index >= 15 is 0 Å². The molecule has 0 radical (unpaired) electrons. The van der Waals surface area contributed by atoms with Crippen LogP contribution in [0.3, 0.4) is 0 Å². The van der Waals surface area contributed by atoms with E-state index in [9.17, 15) is 18.0 Å². The number of ether oxygens (including phenoxy) is 2. The quantitative estimate of drug-likeness (QED) is 0.265. The number of carbonyl (C=O) groups is 1. The van der Waals surface area contributed by atoms with E-state index in [1.165, 1.54) is 6.07 Å². The summed E-state index contributed by atoms with van der Waals surface area (Å²) < 4.78 is 59.6. The van der Waals surface area contributed by atoms with Crippen LogP contribution in [0, 0.1) is 0 Å². The van der Waals surface area contributed by atoms with Gasteiger partial charge in [-0.3, -0.25) is 4.79 Å². The Balaban J connectivity index is 1.31. The summed E-state index contributed by atoms with van der Waals surface area (Å²) in [6, 6.07) is 14.6. The van der Waals surface area contributed by atoms with Crippen molar-refractivity contribution in [2.75, 3.05) is 6.61 Å². The highest BCUT2D eigenvalue weighted by Crippen LogP contribution is 2.47. The van der Waals surface area contributed by atoms with Crippen molar-refractivity contribution >= 4 is 5.97 Å². The van der Waals surface area contributed by atoms with Gasteiger partial charge in [0.2, 0.25) is 11.7 Å². The lowest BCUT2D eigenvalue weighted by Gasteiger charge is -2.20. The largest absolute Gasteiger partial charge is 0.492 e. The van der Waals surface area contributed by atoms with Crippen molar-refractivity contribution in [3.8, 4) is 34.0 Å². The molecule has 0 unspecified atom stereocenters. The third-order valence-corrected chi connectivity index (χ3v) is 7.42. The Hall–Kier alpha value is -4.34. The molecule has 1 aliphatic carbocycles. The number of rotatable bonds is 7. The standard InChI is InChI=1S/C30H25F3N2O5/c1-2-26-34-29(35-40-26)17-5-3-16(4-6-17)28-22-10-12-24(21(22)9-11-23(28)30(31,32)33)39-19-7-8-20-18(13-27(36)37)15-38-25(20)14-19/h3-9,11,14,18,24H,2,10,12-13,15H2,1H3,(H,36,37)/t18-,24-/m1/s1. The van der Waals surface area contributed by atoms with Crippen LogP contribution in [0.25, 0.3) is 22.5 Å². The van der Waals surface area contributed by atoms with Gasteiger partial charge in [0.1, 0.15) is 17.6 Å². The number of aryl methyl sites for hydroxylation is 1. The Morgan fingerprint density at radius 3 is 2.52 bits per heavy atom. The lowest BCUT2D eigenvalue weighted by atomic mass is 9.91. The number of nitrogens with zero attached hydrogens (tertiary/aromatic N) is 2. The van der Waals surface area contributed by atoms with Gasteiger partial charge in [0.05, 0.1) is 18.6 Å². The molecule has 7 nitrogen and oxygen atoms in total. The van der Waals surface area contributed by atoms with Crippen molar-refractivity contribution in [1.82, 2.24) is 10.1 Å². The fraction of sp³-hybridized carbons (Fsp3) is 0.300. The molecule has 0 bridgehead atoms. The van der Waals surface area contributed by atoms with Crippen LogP contribution in [-0.4, -0.2) is 27.8 Å². The minimum absolute atomic E-state index is 0.0244. The number of alkyl halides is 3. The third kappa shape index (κ3) is 4.78. The minimum Gasteiger partial charge on any atom is -0.492 e. The first kappa shape index (κ1) is 25.9. The summed E-state index contributed by atoms with van der Waals surface area (Å²) in [6.45, 7) is 2.17. The zero-order valence-electron chi connectivity index (χ0n) is 21.5. The highest BCUT2D eigenvalue weighted by atomic mass is 19.4. The Labute approximate surface area is 227 Å². The molecule has 40 heavy (non-hydrogen) atoms. The van der Waals surface area contributed by atoms with Crippen molar-refractivity contribution in [2.45, 2.75) is 50.8 Å². The molecule has 1 aliphatic heterocycles. The molecule has 2 atom stereocenters. The van der Waals surface area contributed by atoms with Crippen LogP contribution in [0.4, 0.5) is 13.2 Å². The number of benzene rings is 3. The van der Waals surface area contributed by atoms with Crippen molar-refractivity contribution in [3.05, 3.63) is 82.7 Å². The van der Waals surface area contributed by atoms with Crippen LogP contribution in [0.15, 0.2) is 59.1 Å². The van der Waals surface area contributed by atoms with Crippen LogP contribution in [-0.2, 0) is 23.8 Å². The van der Waals surface area contributed by atoms with Gasteiger partial charge in [-0.1, -0.05) is 48.5 Å². The van der Waals surface area contributed by atoms with E-state index in [2.05, 4.69) is 10.1 Å². The molecule has 0 saturated carbocycles. The minimum atomic E-state index is -4.53. The maximum Gasteiger partial charge on any atom is 0.417 e. The number of aromatic nitrogens is 2. The summed E-state index contributed by atoms with van der Waals surface area (Å²) in [5, 5.41) is 13.1. The van der Waals surface area contributed by atoms with Crippen LogP contribution in [0.2, 0.25) is 0 Å². The van der Waals surface area contributed by atoms with E-state index < -0.39 is 23.8 Å². The number of aliphatic carboxylic acids is 1. The molecule has 1 aromatic heterocycles. The Bertz CT molecular complexity index is 1580. The Morgan fingerprint density at radius 1 is 1.07 bits per heavy atom. The summed E-state index contributed by atoms with van der Waals surface area (Å²) in [4.78, 5) is 15.4. The van der Waals surface area contributed by atoms with Gasteiger partial charge in [0, 0.05) is 29.5 Å². The number of carboxylic acid groups (broad SMARTS) is 1. The molecule has 6 rings (SSSR count). The lowest BCUT2D eigenvalue weighted by Crippen LogP contribution is -2.10. The zero-order chi connectivity index (χ0) is 28.0. The van der Waals surface area contributed by atoms with Crippen molar-refractivity contribution in [1.29, 1.82) is 0 Å². The van der Waals surface area contributed by atoms with Crippen LogP contribution in [0.5, 0.6) is 11.5 Å². The van der Waals surface area contributed by atoms with Crippen LogP contribution in [0.1, 0.15) is 59.9 Å². The molecule has 2 aliphatic rings. The fourth-order valence-corrected chi connectivity index (χ4v) is 5.53. The molecule has 0 spiro atoms. The fourth-order valence-electron chi connectivity index (χ4n) is 5.53. The molecule has 0 saturated heterocycles. The average Bonchev–Trinajstić information content (AvgIpc) is 3.67.